The standard InChI is InChI=1S/C10H11BrO2S/c1-12-9-3-2-7(11)4-8(9)10(14)5-13-6-10/h2-4,14H,5-6H2,1H3. The van der Waals surface area contributed by atoms with Crippen molar-refractivity contribution < 1.29 is 9.47 Å². The molecule has 0 amide bonds. The smallest absolute Gasteiger partial charge is 0.123 e. The maximum atomic E-state index is 5.30. The molecule has 0 aromatic heterocycles. The van der Waals surface area contributed by atoms with Crippen LogP contribution in [0.2, 0.25) is 0 Å². The van der Waals surface area contributed by atoms with Crippen LogP contribution in [0.1, 0.15) is 5.56 Å². The normalized spacial score (nSPS) is 18.8. The lowest BCUT2D eigenvalue weighted by molar-refractivity contribution is -0.0106. The summed E-state index contributed by atoms with van der Waals surface area (Å²) in [5.41, 5.74) is 1.09. The van der Waals surface area contributed by atoms with Crippen LogP contribution in [0.4, 0.5) is 0 Å². The SMILES string of the molecule is COc1ccc(Br)cc1C1(S)COC1. The summed E-state index contributed by atoms with van der Waals surface area (Å²) in [7, 11) is 1.67. The Morgan fingerprint density at radius 1 is 1.50 bits per heavy atom. The van der Waals surface area contributed by atoms with Crippen LogP contribution in [0, 0.1) is 0 Å². The van der Waals surface area contributed by atoms with Gasteiger partial charge in [0.1, 0.15) is 5.75 Å². The van der Waals surface area contributed by atoms with E-state index in [4.69, 9.17) is 9.47 Å². The van der Waals surface area contributed by atoms with E-state index in [-0.39, 0.29) is 4.75 Å². The highest BCUT2D eigenvalue weighted by Crippen LogP contribution is 2.41. The number of halogens is 1. The second-order valence-corrected chi connectivity index (χ2v) is 5.14. The molecule has 2 nitrogen and oxygen atoms in total. The van der Waals surface area contributed by atoms with Crippen molar-refractivity contribution in [3.05, 3.63) is 28.2 Å². The first-order valence-corrected chi connectivity index (χ1v) is 5.54. The number of hydrogen-bond acceptors (Lipinski definition) is 3. The second-order valence-electron chi connectivity index (χ2n) is 3.37. The van der Waals surface area contributed by atoms with Gasteiger partial charge in [-0.25, -0.2) is 0 Å². The van der Waals surface area contributed by atoms with Gasteiger partial charge in [-0.15, -0.1) is 0 Å². The summed E-state index contributed by atoms with van der Waals surface area (Å²) in [6.45, 7) is 1.28. The Hall–Kier alpha value is -0.190. The zero-order valence-electron chi connectivity index (χ0n) is 7.79. The summed E-state index contributed by atoms with van der Waals surface area (Å²) in [5, 5.41) is 0. The molecule has 1 fully saturated rings. The monoisotopic (exact) mass is 274 g/mol. The average Bonchev–Trinajstić information content (AvgIpc) is 2.14. The van der Waals surface area contributed by atoms with Crippen molar-refractivity contribution in [1.29, 1.82) is 0 Å². The minimum Gasteiger partial charge on any atom is -0.496 e. The average molecular weight is 275 g/mol. The van der Waals surface area contributed by atoms with Gasteiger partial charge in [-0.2, -0.15) is 12.6 Å². The number of ether oxygens (including phenoxy) is 2. The summed E-state index contributed by atoms with van der Waals surface area (Å²) in [4.78, 5) is 0. The van der Waals surface area contributed by atoms with E-state index < -0.39 is 0 Å². The lowest BCUT2D eigenvalue weighted by Crippen LogP contribution is -2.41. The third kappa shape index (κ3) is 1.66. The lowest BCUT2D eigenvalue weighted by atomic mass is 9.95. The van der Waals surface area contributed by atoms with Crippen LogP contribution >= 0.6 is 28.6 Å². The van der Waals surface area contributed by atoms with Crippen molar-refractivity contribution >= 4 is 28.6 Å². The molecule has 1 aliphatic heterocycles. The van der Waals surface area contributed by atoms with Crippen molar-refractivity contribution in [3.63, 3.8) is 0 Å². The second kappa shape index (κ2) is 3.76. The van der Waals surface area contributed by atoms with E-state index in [2.05, 4.69) is 28.6 Å². The molecule has 14 heavy (non-hydrogen) atoms. The maximum Gasteiger partial charge on any atom is 0.123 e. The molecule has 1 aromatic rings. The number of hydrogen-bond donors (Lipinski definition) is 1. The zero-order valence-corrected chi connectivity index (χ0v) is 10.3. The van der Waals surface area contributed by atoms with Gasteiger partial charge in [0.25, 0.3) is 0 Å². The molecule has 0 atom stereocenters. The van der Waals surface area contributed by atoms with Crippen molar-refractivity contribution in [2.45, 2.75) is 4.75 Å². The van der Waals surface area contributed by atoms with E-state index in [1.807, 2.05) is 18.2 Å². The largest absolute Gasteiger partial charge is 0.496 e. The third-order valence-electron chi connectivity index (χ3n) is 2.34. The quantitative estimate of drug-likeness (QED) is 0.836. The first-order chi connectivity index (χ1) is 6.65. The fourth-order valence-corrected chi connectivity index (χ4v) is 2.21. The Bertz CT molecular complexity index is 350. The minimum absolute atomic E-state index is 0.185. The highest BCUT2D eigenvalue weighted by Gasteiger charge is 2.38. The topological polar surface area (TPSA) is 18.5 Å². The Labute approximate surface area is 97.1 Å². The van der Waals surface area contributed by atoms with Gasteiger partial charge in [0, 0.05) is 10.0 Å². The van der Waals surface area contributed by atoms with E-state index >= 15 is 0 Å². The molecule has 1 aromatic carbocycles. The van der Waals surface area contributed by atoms with E-state index in [1.54, 1.807) is 7.11 Å². The molecule has 1 saturated heterocycles. The molecule has 0 aliphatic carbocycles. The van der Waals surface area contributed by atoms with Gasteiger partial charge in [0.05, 0.1) is 25.1 Å². The number of rotatable bonds is 2. The Morgan fingerprint density at radius 3 is 2.71 bits per heavy atom. The van der Waals surface area contributed by atoms with Crippen LogP contribution in [0.25, 0.3) is 0 Å². The molecule has 0 N–H and O–H groups in total. The van der Waals surface area contributed by atoms with Crippen molar-refractivity contribution in [2.24, 2.45) is 0 Å². The zero-order chi connectivity index (χ0) is 10.2. The van der Waals surface area contributed by atoms with Gasteiger partial charge in [0.15, 0.2) is 0 Å². The molecule has 0 radical (unpaired) electrons. The highest BCUT2D eigenvalue weighted by molar-refractivity contribution is 9.10. The van der Waals surface area contributed by atoms with Gasteiger partial charge >= 0.3 is 0 Å². The molecule has 0 saturated carbocycles. The Kier molecular flexibility index (Phi) is 2.77. The van der Waals surface area contributed by atoms with E-state index in [0.29, 0.717) is 13.2 Å². The van der Waals surface area contributed by atoms with Gasteiger partial charge in [-0.05, 0) is 18.2 Å². The van der Waals surface area contributed by atoms with E-state index in [9.17, 15) is 0 Å². The predicted octanol–water partition coefficient (Wildman–Crippen LogP) is 2.61. The summed E-state index contributed by atoms with van der Waals surface area (Å²) < 4.78 is 11.3. The fourth-order valence-electron chi connectivity index (χ4n) is 1.49. The summed E-state index contributed by atoms with van der Waals surface area (Å²) >= 11 is 8.05. The number of benzene rings is 1. The number of thiol groups is 1. The van der Waals surface area contributed by atoms with Crippen molar-refractivity contribution in [2.75, 3.05) is 20.3 Å². The summed E-state index contributed by atoms with van der Waals surface area (Å²) in [6, 6.07) is 5.93. The molecule has 2 rings (SSSR count). The fraction of sp³-hybridized carbons (Fsp3) is 0.400. The first kappa shape index (κ1) is 10.3. The third-order valence-corrected chi connectivity index (χ3v) is 3.34. The Balaban J connectivity index is 2.43. The maximum absolute atomic E-state index is 5.30. The van der Waals surface area contributed by atoms with Crippen LogP contribution < -0.4 is 4.74 Å². The van der Waals surface area contributed by atoms with Crippen LogP contribution in [-0.2, 0) is 9.48 Å². The summed E-state index contributed by atoms with van der Waals surface area (Å²) in [5.74, 6) is 0.867. The van der Waals surface area contributed by atoms with Crippen molar-refractivity contribution in [1.82, 2.24) is 0 Å². The molecule has 1 aliphatic rings. The van der Waals surface area contributed by atoms with Crippen LogP contribution in [0.3, 0.4) is 0 Å². The van der Waals surface area contributed by atoms with Gasteiger partial charge in [-0.1, -0.05) is 15.9 Å². The number of methoxy groups -OCH3 is 1. The first-order valence-electron chi connectivity index (χ1n) is 4.30. The summed E-state index contributed by atoms with van der Waals surface area (Å²) in [6.07, 6.45) is 0. The lowest BCUT2D eigenvalue weighted by Gasteiger charge is -2.38. The predicted molar refractivity (Wildman–Crippen MR) is 62.2 cm³/mol. The molecular weight excluding hydrogens is 264 g/mol. The van der Waals surface area contributed by atoms with E-state index in [0.717, 1.165) is 15.8 Å². The minimum atomic E-state index is -0.185. The molecule has 1 heterocycles. The van der Waals surface area contributed by atoms with Crippen molar-refractivity contribution in [3.8, 4) is 5.75 Å². The molecule has 76 valence electrons. The van der Waals surface area contributed by atoms with Gasteiger partial charge in [-0.3, -0.25) is 0 Å². The van der Waals surface area contributed by atoms with E-state index in [1.165, 1.54) is 0 Å². The Morgan fingerprint density at radius 2 is 2.21 bits per heavy atom. The molecule has 4 heteroatoms. The van der Waals surface area contributed by atoms with Crippen LogP contribution in [0.15, 0.2) is 22.7 Å². The van der Waals surface area contributed by atoms with Crippen LogP contribution in [-0.4, -0.2) is 20.3 Å². The molecular formula is C10H11BrO2S. The molecule has 0 spiro atoms. The highest BCUT2D eigenvalue weighted by atomic mass is 79.9. The molecule has 0 unspecified atom stereocenters. The van der Waals surface area contributed by atoms with Gasteiger partial charge in [0.2, 0.25) is 0 Å². The van der Waals surface area contributed by atoms with Crippen LogP contribution in [0.5, 0.6) is 5.75 Å². The van der Waals surface area contributed by atoms with Gasteiger partial charge < -0.3 is 9.47 Å². The molecule has 0 bridgehead atoms.